The minimum Gasteiger partial charge on any atom is -0.383 e. The van der Waals surface area contributed by atoms with E-state index in [2.05, 4.69) is 10.6 Å². The summed E-state index contributed by atoms with van der Waals surface area (Å²) in [6.45, 7) is 10.6. The molecule has 0 aliphatic rings. The first-order chi connectivity index (χ1) is 12.2. The Morgan fingerprint density at radius 2 is 1.74 bits per heavy atom. The van der Waals surface area contributed by atoms with E-state index < -0.39 is 15.9 Å². The molecule has 7 nitrogen and oxygen atoms in total. The van der Waals surface area contributed by atoms with Crippen LogP contribution in [0.4, 0.5) is 11.4 Å². The van der Waals surface area contributed by atoms with Crippen LogP contribution in [0.3, 0.4) is 0 Å². The van der Waals surface area contributed by atoms with Crippen molar-refractivity contribution in [1.29, 1.82) is 0 Å². The minimum atomic E-state index is -3.60. The number of anilines is 2. The average molecular weight is 421 g/mol. The van der Waals surface area contributed by atoms with E-state index in [1.165, 1.54) is 10.4 Å². The van der Waals surface area contributed by atoms with Gasteiger partial charge in [0.05, 0.1) is 22.2 Å². The summed E-state index contributed by atoms with van der Waals surface area (Å²) in [7, 11) is -3.60. The van der Waals surface area contributed by atoms with Gasteiger partial charge in [-0.05, 0) is 31.5 Å². The Morgan fingerprint density at radius 1 is 1.15 bits per heavy atom. The lowest BCUT2D eigenvalue weighted by atomic mass is 10.0. The Morgan fingerprint density at radius 3 is 2.22 bits per heavy atom. The second-order valence-electron chi connectivity index (χ2n) is 6.36. The van der Waals surface area contributed by atoms with Gasteiger partial charge in [0.2, 0.25) is 15.9 Å². The van der Waals surface area contributed by atoms with Crippen molar-refractivity contribution in [2.45, 2.75) is 52.0 Å². The summed E-state index contributed by atoms with van der Waals surface area (Å²) in [5.41, 5.74) is 6.94. The van der Waals surface area contributed by atoms with Crippen LogP contribution in [0.1, 0.15) is 41.0 Å². The molecule has 4 N–H and O–H groups in total. The summed E-state index contributed by atoms with van der Waals surface area (Å²) in [4.78, 5) is 12.6. The highest BCUT2D eigenvalue weighted by Gasteiger charge is 2.24. The third kappa shape index (κ3) is 6.64. The number of hydrogen-bond donors (Lipinski definition) is 3. The van der Waals surface area contributed by atoms with Crippen molar-refractivity contribution in [2.24, 2.45) is 11.7 Å². The van der Waals surface area contributed by atoms with Crippen molar-refractivity contribution >= 4 is 39.7 Å². The summed E-state index contributed by atoms with van der Waals surface area (Å²) in [5, 5.41) is 6.04. The molecular formula is C18H33ClN4O3S. The van der Waals surface area contributed by atoms with Crippen LogP contribution in [0, 0.1) is 5.92 Å². The Kier molecular flexibility index (Phi) is 10.9. The van der Waals surface area contributed by atoms with Crippen LogP contribution in [0.2, 0.25) is 0 Å². The fourth-order valence-electron chi connectivity index (χ4n) is 2.40. The number of nitrogens with zero attached hydrogens (tertiary/aromatic N) is 1. The lowest BCUT2D eigenvalue weighted by Crippen LogP contribution is -2.34. The Balaban J connectivity index is 0.00000676. The van der Waals surface area contributed by atoms with Crippen molar-refractivity contribution in [3.63, 3.8) is 0 Å². The van der Waals surface area contributed by atoms with Gasteiger partial charge >= 0.3 is 0 Å². The van der Waals surface area contributed by atoms with Crippen molar-refractivity contribution in [2.75, 3.05) is 30.3 Å². The van der Waals surface area contributed by atoms with E-state index in [1.807, 2.05) is 6.92 Å². The quantitative estimate of drug-likeness (QED) is 0.539. The van der Waals surface area contributed by atoms with Gasteiger partial charge in [-0.2, -0.15) is 4.31 Å². The van der Waals surface area contributed by atoms with Gasteiger partial charge in [-0.1, -0.05) is 27.7 Å². The van der Waals surface area contributed by atoms with Crippen LogP contribution in [-0.2, 0) is 14.8 Å². The van der Waals surface area contributed by atoms with Gasteiger partial charge < -0.3 is 16.4 Å². The molecule has 0 bridgehead atoms. The van der Waals surface area contributed by atoms with Gasteiger partial charge in [0.1, 0.15) is 0 Å². The predicted molar refractivity (Wildman–Crippen MR) is 114 cm³/mol. The zero-order valence-electron chi connectivity index (χ0n) is 16.8. The lowest BCUT2D eigenvalue weighted by Gasteiger charge is -2.21. The number of benzene rings is 1. The zero-order valence-corrected chi connectivity index (χ0v) is 18.4. The molecule has 0 aromatic heterocycles. The van der Waals surface area contributed by atoms with Crippen LogP contribution in [0.25, 0.3) is 0 Å². The number of amides is 1. The molecule has 0 aliphatic carbocycles. The van der Waals surface area contributed by atoms with Gasteiger partial charge in [0.25, 0.3) is 0 Å². The number of carbonyl (C=O) groups excluding carboxylic acids is 1. The maximum Gasteiger partial charge on any atom is 0.243 e. The Hall–Kier alpha value is -1.35. The molecule has 0 aliphatic heterocycles. The fourth-order valence-corrected chi connectivity index (χ4v) is 3.88. The van der Waals surface area contributed by atoms with E-state index in [0.29, 0.717) is 31.0 Å². The van der Waals surface area contributed by atoms with Crippen molar-refractivity contribution in [1.82, 2.24) is 4.31 Å². The Bertz CT molecular complexity index is 707. The molecule has 0 radical (unpaired) electrons. The van der Waals surface area contributed by atoms with Crippen molar-refractivity contribution < 1.29 is 13.2 Å². The number of nitrogens with one attached hydrogen (secondary N) is 2. The molecule has 0 fully saturated rings. The molecule has 2 unspecified atom stereocenters. The number of sulfonamides is 1. The molecule has 156 valence electrons. The molecule has 27 heavy (non-hydrogen) atoms. The summed E-state index contributed by atoms with van der Waals surface area (Å²) in [6, 6.07) is 4.47. The maximum absolute atomic E-state index is 12.8. The van der Waals surface area contributed by atoms with Crippen LogP contribution >= 0.6 is 12.4 Å². The highest BCUT2D eigenvalue weighted by atomic mass is 35.5. The predicted octanol–water partition coefficient (Wildman–Crippen LogP) is 2.88. The lowest BCUT2D eigenvalue weighted by molar-refractivity contribution is -0.119. The first kappa shape index (κ1) is 25.6. The summed E-state index contributed by atoms with van der Waals surface area (Å²) >= 11 is 0. The van der Waals surface area contributed by atoms with Crippen LogP contribution in [0.5, 0.6) is 0 Å². The molecule has 1 aromatic rings. The molecular weight excluding hydrogens is 388 g/mol. The fraction of sp³-hybridized carbons (Fsp3) is 0.611. The van der Waals surface area contributed by atoms with E-state index in [0.717, 1.165) is 6.42 Å². The molecule has 0 spiro atoms. The highest BCUT2D eigenvalue weighted by Crippen LogP contribution is 2.28. The molecule has 2 atom stereocenters. The minimum absolute atomic E-state index is 0. The topological polar surface area (TPSA) is 105 Å². The van der Waals surface area contributed by atoms with E-state index >= 15 is 0 Å². The van der Waals surface area contributed by atoms with Crippen molar-refractivity contribution in [3.8, 4) is 0 Å². The average Bonchev–Trinajstić information content (AvgIpc) is 2.60. The molecule has 0 saturated heterocycles. The summed E-state index contributed by atoms with van der Waals surface area (Å²) in [5.74, 6) is -0.631. The maximum atomic E-state index is 12.8. The molecule has 1 amide bonds. The Labute approximate surface area is 169 Å². The second kappa shape index (κ2) is 11.5. The number of halogens is 1. The second-order valence-corrected chi connectivity index (χ2v) is 8.30. The standard InChI is InChI=1S/C18H32N4O3S.ClH/c1-6-11-20-16-10-9-15(26(24,25)22(7-2)8-3)12-17(16)21-18(23)13(4)14(5)19;/h9-10,12-14,20H,6-8,11,19H2,1-5H3,(H,21,23);1H. The molecule has 0 heterocycles. The van der Waals surface area contributed by atoms with E-state index in [1.54, 1.807) is 39.8 Å². The third-order valence-electron chi connectivity index (χ3n) is 4.36. The van der Waals surface area contributed by atoms with Gasteiger partial charge in [0.15, 0.2) is 0 Å². The smallest absolute Gasteiger partial charge is 0.243 e. The SMILES string of the molecule is CCCNc1ccc(S(=O)(=O)N(CC)CC)cc1NC(=O)C(C)C(C)N.Cl. The summed E-state index contributed by atoms with van der Waals surface area (Å²) < 4.78 is 26.9. The van der Waals surface area contributed by atoms with Crippen LogP contribution in [0.15, 0.2) is 23.1 Å². The van der Waals surface area contributed by atoms with Crippen molar-refractivity contribution in [3.05, 3.63) is 18.2 Å². The number of carbonyl (C=O) groups is 1. The van der Waals surface area contributed by atoms with Gasteiger partial charge in [-0.25, -0.2) is 8.42 Å². The first-order valence-electron chi connectivity index (χ1n) is 9.13. The molecule has 0 saturated carbocycles. The highest BCUT2D eigenvalue weighted by molar-refractivity contribution is 7.89. The van der Waals surface area contributed by atoms with E-state index in [9.17, 15) is 13.2 Å². The summed E-state index contributed by atoms with van der Waals surface area (Å²) in [6.07, 6.45) is 0.906. The monoisotopic (exact) mass is 420 g/mol. The zero-order chi connectivity index (χ0) is 19.9. The third-order valence-corrected chi connectivity index (χ3v) is 6.41. The molecule has 1 aromatic carbocycles. The van der Waals surface area contributed by atoms with Crippen LogP contribution < -0.4 is 16.4 Å². The van der Waals surface area contributed by atoms with Gasteiger partial charge in [0, 0.05) is 25.7 Å². The number of hydrogen-bond acceptors (Lipinski definition) is 5. The molecule has 9 heteroatoms. The first-order valence-corrected chi connectivity index (χ1v) is 10.6. The van der Waals surface area contributed by atoms with Gasteiger partial charge in [-0.3, -0.25) is 4.79 Å². The van der Waals surface area contributed by atoms with E-state index in [4.69, 9.17) is 5.73 Å². The van der Waals surface area contributed by atoms with E-state index in [-0.39, 0.29) is 29.3 Å². The van der Waals surface area contributed by atoms with Crippen LogP contribution in [-0.4, -0.2) is 44.3 Å². The molecule has 1 rings (SSSR count). The van der Waals surface area contributed by atoms with Gasteiger partial charge in [-0.15, -0.1) is 12.4 Å². The number of rotatable bonds is 10. The largest absolute Gasteiger partial charge is 0.383 e. The number of nitrogens with two attached hydrogens (primary N) is 1. The normalized spacial score (nSPS) is 13.6.